The van der Waals surface area contributed by atoms with E-state index in [1.807, 2.05) is 50.2 Å². The summed E-state index contributed by atoms with van der Waals surface area (Å²) < 4.78 is 5.64. The summed E-state index contributed by atoms with van der Waals surface area (Å²) in [6.07, 6.45) is 1.03. The van der Waals surface area contributed by atoms with Crippen molar-refractivity contribution in [3.8, 4) is 5.75 Å². The Labute approximate surface area is 138 Å². The molecule has 2 aromatic carbocycles. The summed E-state index contributed by atoms with van der Waals surface area (Å²) in [5, 5.41) is 2.96. The summed E-state index contributed by atoms with van der Waals surface area (Å²) in [6, 6.07) is 13.9. The van der Waals surface area contributed by atoms with Gasteiger partial charge in [0.1, 0.15) is 5.75 Å². The smallest absolute Gasteiger partial charge is 0.262 e. The predicted molar refractivity (Wildman–Crippen MR) is 95.2 cm³/mol. The van der Waals surface area contributed by atoms with Gasteiger partial charge in [0.25, 0.3) is 5.91 Å². The van der Waals surface area contributed by atoms with Crippen molar-refractivity contribution < 1.29 is 9.53 Å². The van der Waals surface area contributed by atoms with E-state index >= 15 is 0 Å². The fourth-order valence-electron chi connectivity index (χ4n) is 2.55. The van der Waals surface area contributed by atoms with E-state index in [0.717, 1.165) is 29.0 Å². The number of aryl methyl sites for hydroxylation is 2. The average molecular weight is 311 g/mol. The first-order chi connectivity index (χ1) is 11.0. The van der Waals surface area contributed by atoms with Crippen LogP contribution >= 0.6 is 0 Å². The quantitative estimate of drug-likeness (QED) is 0.829. The van der Waals surface area contributed by atoms with Crippen molar-refractivity contribution in [2.75, 3.05) is 11.9 Å². The van der Waals surface area contributed by atoms with Gasteiger partial charge < -0.3 is 10.1 Å². The van der Waals surface area contributed by atoms with E-state index < -0.39 is 0 Å². The van der Waals surface area contributed by atoms with E-state index in [1.54, 1.807) is 0 Å². The van der Waals surface area contributed by atoms with Crippen molar-refractivity contribution in [3.05, 3.63) is 59.2 Å². The lowest BCUT2D eigenvalue weighted by molar-refractivity contribution is -0.118. The number of rotatable bonds is 6. The van der Waals surface area contributed by atoms with Gasteiger partial charge in [-0.3, -0.25) is 4.79 Å². The maximum absolute atomic E-state index is 12.2. The standard InChI is InChI=1S/C20H25NO2/c1-5-15(3)17-8-6-7-9-18(17)21-20(22)13-23-19-11-10-14(2)12-16(19)4/h6-12,15H,5,13H2,1-4H3,(H,21,22)/t15-/m1/s1. The van der Waals surface area contributed by atoms with Crippen LogP contribution in [0, 0.1) is 13.8 Å². The molecule has 0 heterocycles. The highest BCUT2D eigenvalue weighted by atomic mass is 16.5. The van der Waals surface area contributed by atoms with Crippen LogP contribution in [-0.4, -0.2) is 12.5 Å². The minimum atomic E-state index is -0.138. The maximum atomic E-state index is 12.2. The molecule has 1 N–H and O–H groups in total. The molecule has 1 amide bonds. The number of carbonyl (C=O) groups is 1. The first-order valence-electron chi connectivity index (χ1n) is 8.10. The van der Waals surface area contributed by atoms with Crippen molar-refractivity contribution in [3.63, 3.8) is 0 Å². The van der Waals surface area contributed by atoms with Gasteiger partial charge >= 0.3 is 0 Å². The van der Waals surface area contributed by atoms with Crippen LogP contribution < -0.4 is 10.1 Å². The van der Waals surface area contributed by atoms with Crippen molar-refractivity contribution in [2.24, 2.45) is 0 Å². The second kappa shape index (κ2) is 7.82. The van der Waals surface area contributed by atoms with Gasteiger partial charge in [-0.15, -0.1) is 0 Å². The highest BCUT2D eigenvalue weighted by Gasteiger charge is 2.11. The van der Waals surface area contributed by atoms with E-state index in [2.05, 4.69) is 25.2 Å². The SMILES string of the molecule is CC[C@@H](C)c1ccccc1NC(=O)COc1ccc(C)cc1C. The molecule has 0 radical (unpaired) electrons. The predicted octanol–water partition coefficient (Wildman–Crippen LogP) is 4.83. The number of nitrogens with one attached hydrogen (secondary N) is 1. The number of para-hydroxylation sites is 1. The second-order valence-corrected chi connectivity index (χ2v) is 6.00. The molecule has 0 fully saturated rings. The molecule has 23 heavy (non-hydrogen) atoms. The fraction of sp³-hybridized carbons (Fsp3) is 0.350. The molecule has 3 heteroatoms. The number of amides is 1. The molecule has 0 saturated carbocycles. The first kappa shape index (κ1) is 17.1. The summed E-state index contributed by atoms with van der Waals surface area (Å²) in [5.41, 5.74) is 4.26. The third-order valence-corrected chi connectivity index (χ3v) is 4.07. The average Bonchev–Trinajstić information content (AvgIpc) is 2.54. The topological polar surface area (TPSA) is 38.3 Å². The third kappa shape index (κ3) is 4.59. The van der Waals surface area contributed by atoms with Crippen LogP contribution in [-0.2, 0) is 4.79 Å². The maximum Gasteiger partial charge on any atom is 0.262 e. The van der Waals surface area contributed by atoms with Crippen LogP contribution in [0.1, 0.15) is 42.9 Å². The lowest BCUT2D eigenvalue weighted by Gasteiger charge is -2.16. The van der Waals surface area contributed by atoms with Crippen LogP contribution in [0.25, 0.3) is 0 Å². The zero-order valence-electron chi connectivity index (χ0n) is 14.3. The monoisotopic (exact) mass is 311 g/mol. The molecule has 0 aliphatic heterocycles. The third-order valence-electron chi connectivity index (χ3n) is 4.07. The molecule has 0 aliphatic carbocycles. The zero-order chi connectivity index (χ0) is 16.8. The van der Waals surface area contributed by atoms with Crippen LogP contribution in [0.2, 0.25) is 0 Å². The molecule has 122 valence electrons. The van der Waals surface area contributed by atoms with Gasteiger partial charge in [0.15, 0.2) is 6.61 Å². The van der Waals surface area contributed by atoms with Gasteiger partial charge in [-0.05, 0) is 49.4 Å². The largest absolute Gasteiger partial charge is 0.483 e. The molecular formula is C20H25NO2. The molecule has 0 unspecified atom stereocenters. The minimum Gasteiger partial charge on any atom is -0.483 e. The Morgan fingerprint density at radius 2 is 1.91 bits per heavy atom. The van der Waals surface area contributed by atoms with Crippen LogP contribution in [0.5, 0.6) is 5.75 Å². The number of ether oxygens (including phenoxy) is 1. The molecule has 0 bridgehead atoms. The summed E-state index contributed by atoms with van der Waals surface area (Å²) >= 11 is 0. The number of hydrogen-bond acceptors (Lipinski definition) is 2. The Kier molecular flexibility index (Phi) is 5.80. The molecule has 3 nitrogen and oxygen atoms in total. The highest BCUT2D eigenvalue weighted by molar-refractivity contribution is 5.92. The summed E-state index contributed by atoms with van der Waals surface area (Å²) in [5.74, 6) is 1.02. The van der Waals surface area contributed by atoms with Gasteiger partial charge in [0.2, 0.25) is 0 Å². The molecule has 0 spiro atoms. The molecule has 0 saturated heterocycles. The molecule has 2 rings (SSSR count). The molecule has 0 aliphatic rings. The molecule has 0 aromatic heterocycles. The Morgan fingerprint density at radius 3 is 2.61 bits per heavy atom. The van der Waals surface area contributed by atoms with E-state index in [-0.39, 0.29) is 12.5 Å². The Bertz CT molecular complexity index is 679. The van der Waals surface area contributed by atoms with Crippen LogP contribution in [0.4, 0.5) is 5.69 Å². The van der Waals surface area contributed by atoms with E-state index in [1.165, 1.54) is 5.56 Å². The van der Waals surface area contributed by atoms with E-state index in [9.17, 15) is 4.79 Å². The molecule has 2 aromatic rings. The van der Waals surface area contributed by atoms with Crippen molar-refractivity contribution >= 4 is 11.6 Å². The number of anilines is 1. The number of hydrogen-bond donors (Lipinski definition) is 1. The summed E-state index contributed by atoms with van der Waals surface area (Å²) in [6.45, 7) is 8.34. The Hall–Kier alpha value is -2.29. The van der Waals surface area contributed by atoms with Crippen LogP contribution in [0.15, 0.2) is 42.5 Å². The van der Waals surface area contributed by atoms with Crippen molar-refractivity contribution in [1.82, 2.24) is 0 Å². The minimum absolute atomic E-state index is 0.0126. The lowest BCUT2D eigenvalue weighted by atomic mass is 9.97. The van der Waals surface area contributed by atoms with Crippen LogP contribution in [0.3, 0.4) is 0 Å². The van der Waals surface area contributed by atoms with Gasteiger partial charge in [-0.25, -0.2) is 0 Å². The van der Waals surface area contributed by atoms with E-state index in [4.69, 9.17) is 4.74 Å². The number of carbonyl (C=O) groups excluding carboxylic acids is 1. The van der Waals surface area contributed by atoms with Crippen molar-refractivity contribution in [2.45, 2.75) is 40.0 Å². The normalized spacial score (nSPS) is 11.8. The van der Waals surface area contributed by atoms with Gasteiger partial charge in [-0.1, -0.05) is 49.7 Å². The first-order valence-corrected chi connectivity index (χ1v) is 8.10. The number of benzene rings is 2. The Morgan fingerprint density at radius 1 is 1.17 bits per heavy atom. The molecular weight excluding hydrogens is 286 g/mol. The Balaban J connectivity index is 2.00. The van der Waals surface area contributed by atoms with E-state index in [0.29, 0.717) is 5.92 Å². The zero-order valence-corrected chi connectivity index (χ0v) is 14.3. The summed E-state index contributed by atoms with van der Waals surface area (Å²) in [4.78, 5) is 12.2. The van der Waals surface area contributed by atoms with Gasteiger partial charge in [0, 0.05) is 5.69 Å². The fourth-order valence-corrected chi connectivity index (χ4v) is 2.55. The van der Waals surface area contributed by atoms with Gasteiger partial charge in [-0.2, -0.15) is 0 Å². The lowest BCUT2D eigenvalue weighted by Crippen LogP contribution is -2.21. The van der Waals surface area contributed by atoms with Crippen molar-refractivity contribution in [1.29, 1.82) is 0 Å². The van der Waals surface area contributed by atoms with Gasteiger partial charge in [0.05, 0.1) is 0 Å². The molecule has 1 atom stereocenters. The summed E-state index contributed by atoms with van der Waals surface area (Å²) in [7, 11) is 0. The highest BCUT2D eigenvalue weighted by Crippen LogP contribution is 2.26. The second-order valence-electron chi connectivity index (χ2n) is 6.00.